The Bertz CT molecular complexity index is 791. The Kier molecular flexibility index (Phi) is 6.03. The van der Waals surface area contributed by atoms with Crippen LogP contribution in [0.3, 0.4) is 0 Å². The molecule has 0 heterocycles. The standard InChI is InChI=1S/C15H10Cl3N3O3/c16-9-5-8(6-10(17)7-9)13(22)20-21-15(24)19-14(23)11-3-1-2-4-12(11)18/h1-7H,(H,20,22)(H2,19,21,23,24). The number of nitrogens with one attached hydrogen (secondary N) is 3. The Morgan fingerprint density at radius 3 is 2.04 bits per heavy atom. The second-order valence-electron chi connectivity index (χ2n) is 4.50. The number of hydrazine groups is 1. The highest BCUT2D eigenvalue weighted by Gasteiger charge is 2.14. The zero-order valence-electron chi connectivity index (χ0n) is 11.9. The van der Waals surface area contributed by atoms with Gasteiger partial charge in [0.05, 0.1) is 10.6 Å². The molecule has 3 N–H and O–H groups in total. The van der Waals surface area contributed by atoms with Crippen LogP contribution < -0.4 is 16.2 Å². The minimum atomic E-state index is -0.929. The SMILES string of the molecule is O=C(NNC(=O)c1cc(Cl)cc(Cl)c1)NC(=O)c1ccccc1Cl. The number of amides is 4. The van der Waals surface area contributed by atoms with Crippen molar-refractivity contribution in [2.24, 2.45) is 0 Å². The fraction of sp³-hybridized carbons (Fsp3) is 0. The largest absolute Gasteiger partial charge is 0.340 e. The number of imide groups is 1. The van der Waals surface area contributed by atoms with Crippen molar-refractivity contribution >= 4 is 52.6 Å². The van der Waals surface area contributed by atoms with Crippen LogP contribution in [0, 0.1) is 0 Å². The lowest BCUT2D eigenvalue weighted by Crippen LogP contribution is -2.48. The van der Waals surface area contributed by atoms with E-state index in [9.17, 15) is 14.4 Å². The smallest absolute Gasteiger partial charge is 0.273 e. The third-order valence-electron chi connectivity index (χ3n) is 2.76. The molecule has 0 atom stereocenters. The van der Waals surface area contributed by atoms with E-state index in [0.717, 1.165) is 0 Å². The summed E-state index contributed by atoms with van der Waals surface area (Å²) in [5.41, 5.74) is 4.43. The Morgan fingerprint density at radius 2 is 1.42 bits per heavy atom. The summed E-state index contributed by atoms with van der Waals surface area (Å²) in [6, 6.07) is 9.49. The van der Waals surface area contributed by atoms with Gasteiger partial charge in [-0.2, -0.15) is 0 Å². The van der Waals surface area contributed by atoms with Crippen molar-refractivity contribution in [3.8, 4) is 0 Å². The highest BCUT2D eigenvalue weighted by Crippen LogP contribution is 2.18. The van der Waals surface area contributed by atoms with E-state index in [-0.39, 0.29) is 26.2 Å². The molecule has 4 amide bonds. The second-order valence-corrected chi connectivity index (χ2v) is 5.78. The maximum Gasteiger partial charge on any atom is 0.340 e. The van der Waals surface area contributed by atoms with Gasteiger partial charge < -0.3 is 0 Å². The topological polar surface area (TPSA) is 87.3 Å². The van der Waals surface area contributed by atoms with Gasteiger partial charge in [-0.05, 0) is 30.3 Å². The molecule has 124 valence electrons. The zero-order chi connectivity index (χ0) is 17.7. The van der Waals surface area contributed by atoms with Crippen LogP contribution >= 0.6 is 34.8 Å². The Morgan fingerprint density at radius 1 is 0.792 bits per heavy atom. The quantitative estimate of drug-likeness (QED) is 0.691. The highest BCUT2D eigenvalue weighted by molar-refractivity contribution is 6.35. The maximum atomic E-state index is 11.9. The molecule has 2 aromatic rings. The van der Waals surface area contributed by atoms with Crippen molar-refractivity contribution < 1.29 is 14.4 Å². The van der Waals surface area contributed by atoms with Gasteiger partial charge in [-0.1, -0.05) is 46.9 Å². The third kappa shape index (κ3) is 4.86. The van der Waals surface area contributed by atoms with Crippen LogP contribution in [0.15, 0.2) is 42.5 Å². The first-order valence-corrected chi connectivity index (χ1v) is 7.62. The van der Waals surface area contributed by atoms with Gasteiger partial charge in [0.2, 0.25) is 0 Å². The molecule has 6 nitrogen and oxygen atoms in total. The first-order chi connectivity index (χ1) is 11.4. The zero-order valence-corrected chi connectivity index (χ0v) is 14.2. The molecule has 0 aromatic heterocycles. The molecule has 0 aliphatic carbocycles. The van der Waals surface area contributed by atoms with Gasteiger partial charge in [0.15, 0.2) is 0 Å². The van der Waals surface area contributed by atoms with Crippen LogP contribution in [-0.2, 0) is 0 Å². The molecule has 0 fully saturated rings. The maximum absolute atomic E-state index is 11.9. The van der Waals surface area contributed by atoms with E-state index < -0.39 is 17.8 Å². The summed E-state index contributed by atoms with van der Waals surface area (Å²) in [6.07, 6.45) is 0. The Labute approximate surface area is 152 Å². The summed E-state index contributed by atoms with van der Waals surface area (Å²) in [5.74, 6) is -1.36. The Hall–Kier alpha value is -2.28. The molecule has 0 aliphatic heterocycles. The lowest BCUT2D eigenvalue weighted by Gasteiger charge is -2.09. The van der Waals surface area contributed by atoms with Crippen LogP contribution in [0.2, 0.25) is 15.1 Å². The Balaban J connectivity index is 1.92. The average molecular weight is 387 g/mol. The van der Waals surface area contributed by atoms with E-state index in [0.29, 0.717) is 0 Å². The number of benzene rings is 2. The molecule has 0 bridgehead atoms. The van der Waals surface area contributed by atoms with Crippen LogP contribution in [0.1, 0.15) is 20.7 Å². The monoisotopic (exact) mass is 385 g/mol. The number of hydrogen-bond acceptors (Lipinski definition) is 3. The van der Waals surface area contributed by atoms with Gasteiger partial charge in [-0.25, -0.2) is 10.2 Å². The van der Waals surface area contributed by atoms with Crippen LogP contribution in [0.5, 0.6) is 0 Å². The number of urea groups is 1. The molecule has 0 saturated carbocycles. The predicted octanol–water partition coefficient (Wildman–Crippen LogP) is 3.43. The van der Waals surface area contributed by atoms with E-state index in [1.54, 1.807) is 12.1 Å². The summed E-state index contributed by atoms with van der Waals surface area (Å²) in [4.78, 5) is 35.4. The number of carbonyl (C=O) groups excluding carboxylic acids is 3. The number of rotatable bonds is 2. The summed E-state index contributed by atoms with van der Waals surface area (Å²) in [7, 11) is 0. The molecule has 0 saturated heterocycles. The average Bonchev–Trinajstić information content (AvgIpc) is 2.52. The van der Waals surface area contributed by atoms with Crippen LogP contribution in [0.4, 0.5) is 4.79 Å². The molecule has 0 spiro atoms. The highest BCUT2D eigenvalue weighted by atomic mass is 35.5. The third-order valence-corrected chi connectivity index (χ3v) is 3.53. The van der Waals surface area contributed by atoms with Gasteiger partial charge in [-0.3, -0.25) is 20.3 Å². The molecule has 0 unspecified atom stereocenters. The van der Waals surface area contributed by atoms with Crippen molar-refractivity contribution in [2.75, 3.05) is 0 Å². The summed E-state index contributed by atoms with van der Waals surface area (Å²) in [5, 5.41) is 2.76. The lowest BCUT2D eigenvalue weighted by molar-refractivity contribution is 0.0918. The van der Waals surface area contributed by atoms with Gasteiger partial charge in [-0.15, -0.1) is 0 Å². The summed E-state index contributed by atoms with van der Waals surface area (Å²) >= 11 is 17.4. The number of halogens is 3. The van der Waals surface area contributed by atoms with Crippen molar-refractivity contribution in [2.45, 2.75) is 0 Å². The van der Waals surface area contributed by atoms with Crippen molar-refractivity contribution in [1.29, 1.82) is 0 Å². The van der Waals surface area contributed by atoms with E-state index in [2.05, 4.69) is 5.43 Å². The van der Waals surface area contributed by atoms with E-state index in [4.69, 9.17) is 34.8 Å². The second kappa shape index (κ2) is 8.01. The fourth-order valence-electron chi connectivity index (χ4n) is 1.72. The van der Waals surface area contributed by atoms with E-state index >= 15 is 0 Å². The summed E-state index contributed by atoms with van der Waals surface area (Å²) < 4.78 is 0. The van der Waals surface area contributed by atoms with E-state index in [1.165, 1.54) is 30.3 Å². The minimum Gasteiger partial charge on any atom is -0.273 e. The number of hydrogen-bond donors (Lipinski definition) is 3. The molecular weight excluding hydrogens is 377 g/mol. The molecule has 2 aromatic carbocycles. The minimum absolute atomic E-state index is 0.127. The summed E-state index contributed by atoms with van der Waals surface area (Å²) in [6.45, 7) is 0. The lowest BCUT2D eigenvalue weighted by atomic mass is 10.2. The van der Waals surface area contributed by atoms with Crippen LogP contribution in [0.25, 0.3) is 0 Å². The molecule has 9 heteroatoms. The molecule has 24 heavy (non-hydrogen) atoms. The van der Waals surface area contributed by atoms with Gasteiger partial charge in [0, 0.05) is 15.6 Å². The fourth-order valence-corrected chi connectivity index (χ4v) is 2.47. The predicted molar refractivity (Wildman–Crippen MR) is 91.4 cm³/mol. The van der Waals surface area contributed by atoms with Gasteiger partial charge >= 0.3 is 6.03 Å². The first-order valence-electron chi connectivity index (χ1n) is 6.49. The van der Waals surface area contributed by atoms with Crippen LogP contribution in [-0.4, -0.2) is 17.8 Å². The first kappa shape index (κ1) is 18.1. The van der Waals surface area contributed by atoms with Gasteiger partial charge in [0.25, 0.3) is 11.8 Å². The van der Waals surface area contributed by atoms with Crippen molar-refractivity contribution in [1.82, 2.24) is 16.2 Å². The molecule has 0 aliphatic rings. The van der Waals surface area contributed by atoms with Gasteiger partial charge in [0.1, 0.15) is 0 Å². The van der Waals surface area contributed by atoms with Crippen molar-refractivity contribution in [3.63, 3.8) is 0 Å². The molecular formula is C15H10Cl3N3O3. The molecule has 0 radical (unpaired) electrons. The number of carbonyl (C=O) groups is 3. The normalized spacial score (nSPS) is 9.96. The van der Waals surface area contributed by atoms with E-state index in [1.807, 2.05) is 10.7 Å². The van der Waals surface area contributed by atoms with Crippen molar-refractivity contribution in [3.05, 3.63) is 68.7 Å². The molecule has 2 rings (SSSR count).